The van der Waals surface area contributed by atoms with Gasteiger partial charge in [0.1, 0.15) is 12.4 Å². The van der Waals surface area contributed by atoms with Crippen LogP contribution in [0.5, 0.6) is 5.75 Å². The summed E-state index contributed by atoms with van der Waals surface area (Å²) in [4.78, 5) is 16.9. The maximum absolute atomic E-state index is 12.6. The van der Waals surface area contributed by atoms with Gasteiger partial charge in [0.2, 0.25) is 0 Å². The highest BCUT2D eigenvalue weighted by molar-refractivity contribution is 6.08. The Morgan fingerprint density at radius 3 is 2.51 bits per heavy atom. The molecule has 0 aliphatic heterocycles. The second-order valence-electron chi connectivity index (χ2n) is 8.32. The van der Waals surface area contributed by atoms with E-state index in [2.05, 4.69) is 32.6 Å². The van der Waals surface area contributed by atoms with Gasteiger partial charge in [-0.05, 0) is 47.9 Å². The molecule has 0 unspecified atom stereocenters. The van der Waals surface area contributed by atoms with Gasteiger partial charge in [-0.2, -0.15) is 5.10 Å². The Kier molecular flexibility index (Phi) is 6.50. The lowest BCUT2D eigenvalue weighted by atomic mass is 10.1. The number of nitrogens with zero attached hydrogens (tertiary/aromatic N) is 2. The molecule has 35 heavy (non-hydrogen) atoms. The highest BCUT2D eigenvalue weighted by Crippen LogP contribution is 2.29. The van der Waals surface area contributed by atoms with Crippen LogP contribution in [0.25, 0.3) is 22.0 Å². The number of rotatable bonds is 8. The predicted molar refractivity (Wildman–Crippen MR) is 137 cm³/mol. The molecule has 0 saturated heterocycles. The molecule has 0 saturated carbocycles. The average Bonchev–Trinajstić information content (AvgIpc) is 3.30. The van der Waals surface area contributed by atoms with Gasteiger partial charge in [0.15, 0.2) is 5.82 Å². The van der Waals surface area contributed by atoms with Crippen LogP contribution >= 0.6 is 0 Å². The van der Waals surface area contributed by atoms with Crippen LogP contribution in [0.4, 0.5) is 5.82 Å². The highest BCUT2D eigenvalue weighted by atomic mass is 16.5. The molecule has 5 aromatic rings. The SMILES string of the molecule is N[C@H](COc1cncc(-c2ccc3[nH]nc(NC(=O)c4ccccc4)c3c2)c1)Cc1ccccc1. The number of pyridine rings is 1. The number of fused-ring (bicyclic) bond motifs is 1. The zero-order valence-corrected chi connectivity index (χ0v) is 19.0. The Bertz CT molecular complexity index is 1430. The highest BCUT2D eigenvalue weighted by Gasteiger charge is 2.13. The fraction of sp³-hybridized carbons (Fsp3) is 0.107. The van der Waals surface area contributed by atoms with Crippen LogP contribution in [-0.2, 0) is 6.42 Å². The van der Waals surface area contributed by atoms with Crippen molar-refractivity contribution in [1.29, 1.82) is 0 Å². The largest absolute Gasteiger partial charge is 0.490 e. The molecule has 7 nitrogen and oxygen atoms in total. The van der Waals surface area contributed by atoms with Gasteiger partial charge in [0, 0.05) is 28.8 Å². The van der Waals surface area contributed by atoms with Crippen molar-refractivity contribution in [2.24, 2.45) is 5.73 Å². The fourth-order valence-corrected chi connectivity index (χ4v) is 3.89. The molecular weight excluding hydrogens is 438 g/mol. The number of H-pyrrole nitrogens is 1. The van der Waals surface area contributed by atoms with Crippen molar-refractivity contribution >= 4 is 22.6 Å². The van der Waals surface area contributed by atoms with Gasteiger partial charge in [-0.1, -0.05) is 54.6 Å². The van der Waals surface area contributed by atoms with Gasteiger partial charge in [-0.15, -0.1) is 0 Å². The minimum Gasteiger partial charge on any atom is -0.490 e. The van der Waals surface area contributed by atoms with Crippen LogP contribution in [0.3, 0.4) is 0 Å². The van der Waals surface area contributed by atoms with E-state index in [9.17, 15) is 4.79 Å². The van der Waals surface area contributed by atoms with E-state index in [1.165, 1.54) is 5.56 Å². The first-order valence-corrected chi connectivity index (χ1v) is 11.4. The first kappa shape index (κ1) is 22.3. The Balaban J connectivity index is 1.30. The number of aromatic amines is 1. The first-order chi connectivity index (χ1) is 17.2. The molecule has 2 heterocycles. The normalized spacial score (nSPS) is 11.8. The monoisotopic (exact) mass is 463 g/mol. The molecule has 0 radical (unpaired) electrons. The van der Waals surface area contributed by atoms with Crippen LogP contribution in [0.2, 0.25) is 0 Å². The number of amides is 1. The molecule has 0 aliphatic carbocycles. The summed E-state index contributed by atoms with van der Waals surface area (Å²) in [6.07, 6.45) is 4.20. The predicted octanol–water partition coefficient (Wildman–Crippen LogP) is 4.83. The molecule has 0 aliphatic rings. The van der Waals surface area contributed by atoms with Crippen LogP contribution in [-0.4, -0.2) is 33.7 Å². The molecule has 0 bridgehead atoms. The maximum atomic E-state index is 12.6. The van der Waals surface area contributed by atoms with Crippen molar-refractivity contribution in [2.45, 2.75) is 12.5 Å². The molecule has 4 N–H and O–H groups in total. The summed E-state index contributed by atoms with van der Waals surface area (Å²) in [5.41, 5.74) is 10.7. The maximum Gasteiger partial charge on any atom is 0.256 e. The second kappa shape index (κ2) is 10.2. The number of aromatic nitrogens is 3. The van der Waals surface area contributed by atoms with Crippen molar-refractivity contribution in [3.8, 4) is 16.9 Å². The standard InChI is InChI=1S/C28H25N5O2/c29-23(13-19-7-3-1-4-8-19)18-35-24-14-22(16-30-17-24)21-11-12-26-25(15-21)27(33-32-26)31-28(34)20-9-5-2-6-10-20/h1-12,14-17,23H,13,18,29H2,(H2,31,32,33,34)/t23-/m0/s1. The summed E-state index contributed by atoms with van der Waals surface area (Å²) in [5.74, 6) is 0.909. The third-order valence-electron chi connectivity index (χ3n) is 5.68. The summed E-state index contributed by atoms with van der Waals surface area (Å²) in [6, 6.07) is 26.9. The van der Waals surface area contributed by atoms with Gasteiger partial charge in [-0.25, -0.2) is 0 Å². The van der Waals surface area contributed by atoms with Gasteiger partial charge in [0.05, 0.1) is 11.7 Å². The summed E-state index contributed by atoms with van der Waals surface area (Å²) >= 11 is 0. The topological polar surface area (TPSA) is 106 Å². The number of nitrogens with two attached hydrogens (primary N) is 1. The number of nitrogens with one attached hydrogen (secondary N) is 2. The van der Waals surface area contributed by atoms with Gasteiger partial charge in [0.25, 0.3) is 5.91 Å². The zero-order valence-electron chi connectivity index (χ0n) is 19.0. The quantitative estimate of drug-likeness (QED) is 0.306. The lowest BCUT2D eigenvalue weighted by Gasteiger charge is -2.14. The zero-order chi connectivity index (χ0) is 24.0. The third kappa shape index (κ3) is 5.37. The van der Waals surface area contributed by atoms with Crippen LogP contribution in [0, 0.1) is 0 Å². The van der Waals surface area contributed by atoms with E-state index in [0.717, 1.165) is 28.5 Å². The third-order valence-corrected chi connectivity index (χ3v) is 5.68. The van der Waals surface area contributed by atoms with E-state index in [0.29, 0.717) is 23.7 Å². The van der Waals surface area contributed by atoms with E-state index in [1.54, 1.807) is 24.5 Å². The molecule has 3 aromatic carbocycles. The van der Waals surface area contributed by atoms with Crippen molar-refractivity contribution in [1.82, 2.24) is 15.2 Å². The van der Waals surface area contributed by atoms with E-state index >= 15 is 0 Å². The molecular formula is C28H25N5O2. The van der Waals surface area contributed by atoms with Crippen molar-refractivity contribution in [3.05, 3.63) is 108 Å². The number of carbonyl (C=O) groups excluding carboxylic acids is 1. The molecule has 174 valence electrons. The van der Waals surface area contributed by atoms with Gasteiger partial charge in [-0.3, -0.25) is 14.9 Å². The fourth-order valence-electron chi connectivity index (χ4n) is 3.89. The molecule has 5 rings (SSSR count). The smallest absolute Gasteiger partial charge is 0.256 e. The van der Waals surface area contributed by atoms with Gasteiger partial charge < -0.3 is 15.8 Å². The Hall–Kier alpha value is -4.49. The number of ether oxygens (including phenoxy) is 1. The second-order valence-corrected chi connectivity index (χ2v) is 8.32. The lowest BCUT2D eigenvalue weighted by Crippen LogP contribution is -2.30. The lowest BCUT2D eigenvalue weighted by molar-refractivity contribution is 0.102. The molecule has 2 aromatic heterocycles. The van der Waals surface area contributed by atoms with Crippen molar-refractivity contribution < 1.29 is 9.53 Å². The minimum atomic E-state index is -0.215. The van der Waals surface area contributed by atoms with E-state index in [-0.39, 0.29) is 11.9 Å². The number of hydrogen-bond donors (Lipinski definition) is 3. The molecule has 0 spiro atoms. The summed E-state index contributed by atoms with van der Waals surface area (Å²) in [7, 11) is 0. The Morgan fingerprint density at radius 2 is 1.71 bits per heavy atom. The molecule has 7 heteroatoms. The molecule has 1 atom stereocenters. The number of benzene rings is 3. The van der Waals surface area contributed by atoms with E-state index in [1.807, 2.05) is 60.7 Å². The minimum absolute atomic E-state index is 0.126. The Morgan fingerprint density at radius 1 is 0.943 bits per heavy atom. The average molecular weight is 464 g/mol. The number of anilines is 1. The van der Waals surface area contributed by atoms with E-state index < -0.39 is 0 Å². The van der Waals surface area contributed by atoms with E-state index in [4.69, 9.17) is 10.5 Å². The van der Waals surface area contributed by atoms with Gasteiger partial charge >= 0.3 is 0 Å². The summed E-state index contributed by atoms with van der Waals surface area (Å²) in [6.45, 7) is 0.385. The number of carbonyl (C=O) groups is 1. The first-order valence-electron chi connectivity index (χ1n) is 11.4. The number of hydrogen-bond acceptors (Lipinski definition) is 5. The molecule has 1 amide bonds. The van der Waals surface area contributed by atoms with Crippen LogP contribution < -0.4 is 15.8 Å². The molecule has 0 fully saturated rings. The van der Waals surface area contributed by atoms with Crippen molar-refractivity contribution in [2.75, 3.05) is 11.9 Å². The summed E-state index contributed by atoms with van der Waals surface area (Å²) < 4.78 is 5.94. The van der Waals surface area contributed by atoms with Crippen molar-refractivity contribution in [3.63, 3.8) is 0 Å². The van der Waals surface area contributed by atoms with Crippen LogP contribution in [0.1, 0.15) is 15.9 Å². The Labute approximate surface area is 203 Å². The summed E-state index contributed by atoms with van der Waals surface area (Å²) in [5, 5.41) is 11.0. The van der Waals surface area contributed by atoms with Crippen LogP contribution in [0.15, 0.2) is 97.3 Å².